The van der Waals surface area contributed by atoms with E-state index < -0.39 is 0 Å². The number of rotatable bonds is 2. The number of ether oxygens (including phenoxy) is 1. The Hall–Kier alpha value is -1.03. The molecule has 116 valence electrons. The number of methoxy groups -OCH3 is 1. The molecule has 2 aliphatic rings. The summed E-state index contributed by atoms with van der Waals surface area (Å²) in [4.78, 5) is 26.2. The summed E-state index contributed by atoms with van der Waals surface area (Å²) in [5, 5.41) is 1.04. The number of hydrogen-bond donors (Lipinski definition) is 1. The van der Waals surface area contributed by atoms with Crippen LogP contribution in [0.1, 0.15) is 6.42 Å². The average Bonchev–Trinajstić information content (AvgIpc) is 3.06. The number of aromatic nitrogens is 3. The van der Waals surface area contributed by atoms with Crippen LogP contribution >= 0.6 is 34.4 Å². The minimum atomic E-state index is -0.0753. The second-order valence-electron chi connectivity index (χ2n) is 5.71. The smallest absolute Gasteiger partial charge is 0.310 e. The number of fused-ring (bicyclic) bond motifs is 1. The number of H-pyrrole nitrogens is 1. The van der Waals surface area contributed by atoms with Gasteiger partial charge in [0.25, 0.3) is 0 Å². The number of hydrogen-bond acceptors (Lipinski definition) is 6. The maximum atomic E-state index is 12.0. The monoisotopic (exact) mass is 430 g/mol. The first kappa shape index (κ1) is 14.6. The van der Waals surface area contributed by atoms with Crippen LogP contribution in [0.2, 0.25) is 0 Å². The van der Waals surface area contributed by atoms with Crippen LogP contribution in [-0.2, 0) is 9.53 Å². The molecule has 22 heavy (non-hydrogen) atoms. The van der Waals surface area contributed by atoms with Crippen molar-refractivity contribution in [2.45, 2.75) is 11.2 Å². The van der Waals surface area contributed by atoms with Crippen molar-refractivity contribution in [2.75, 3.05) is 30.9 Å². The lowest BCUT2D eigenvalue weighted by Gasteiger charge is -2.50. The fraction of sp³-hybridized carbons (Fsp3) is 0.500. The van der Waals surface area contributed by atoms with E-state index in [-0.39, 0.29) is 16.6 Å². The third-order valence-electron chi connectivity index (χ3n) is 4.51. The molecule has 1 spiro atoms. The predicted molar refractivity (Wildman–Crippen MR) is 94.1 cm³/mol. The van der Waals surface area contributed by atoms with Crippen molar-refractivity contribution in [3.05, 3.63) is 16.1 Å². The van der Waals surface area contributed by atoms with E-state index in [1.54, 1.807) is 6.33 Å². The van der Waals surface area contributed by atoms with E-state index in [4.69, 9.17) is 4.74 Å². The van der Waals surface area contributed by atoms with Crippen LogP contribution in [0.25, 0.3) is 11.0 Å². The summed E-state index contributed by atoms with van der Waals surface area (Å²) in [6.45, 7) is 1.68. The van der Waals surface area contributed by atoms with Crippen LogP contribution in [0.5, 0.6) is 0 Å². The van der Waals surface area contributed by atoms with Gasteiger partial charge in [-0.2, -0.15) is 11.8 Å². The summed E-state index contributed by atoms with van der Waals surface area (Å²) in [7, 11) is 1.48. The zero-order valence-electron chi connectivity index (χ0n) is 12.0. The number of nitrogens with zero attached hydrogens (tertiary/aromatic N) is 3. The molecule has 2 aromatic rings. The highest BCUT2D eigenvalue weighted by molar-refractivity contribution is 14.1. The van der Waals surface area contributed by atoms with E-state index in [9.17, 15) is 4.79 Å². The van der Waals surface area contributed by atoms with Crippen LogP contribution in [0.15, 0.2) is 12.4 Å². The normalized spacial score (nSPS) is 23.0. The van der Waals surface area contributed by atoms with Gasteiger partial charge in [0.15, 0.2) is 0 Å². The van der Waals surface area contributed by atoms with Crippen LogP contribution < -0.4 is 4.90 Å². The molecule has 1 unspecified atom stereocenters. The van der Waals surface area contributed by atoms with Crippen molar-refractivity contribution < 1.29 is 9.53 Å². The SMILES string of the molecule is COC(=O)C1CCSC12CN(c1ncnc3[nH]c(I)cc13)C2. The highest BCUT2D eigenvalue weighted by atomic mass is 127. The molecule has 6 nitrogen and oxygen atoms in total. The largest absolute Gasteiger partial charge is 0.469 e. The van der Waals surface area contributed by atoms with E-state index in [2.05, 4.69) is 48.5 Å². The maximum Gasteiger partial charge on any atom is 0.310 e. The Labute approximate surface area is 145 Å². The molecule has 0 aliphatic carbocycles. The van der Waals surface area contributed by atoms with Crippen molar-refractivity contribution in [1.82, 2.24) is 15.0 Å². The summed E-state index contributed by atoms with van der Waals surface area (Å²) < 4.78 is 6.02. The molecule has 0 bridgehead atoms. The number of aromatic amines is 1. The lowest BCUT2D eigenvalue weighted by atomic mass is 9.83. The van der Waals surface area contributed by atoms with Crippen molar-refractivity contribution in [2.24, 2.45) is 5.92 Å². The molecule has 4 rings (SSSR count). The summed E-state index contributed by atoms with van der Waals surface area (Å²) in [6, 6.07) is 2.07. The second-order valence-corrected chi connectivity index (χ2v) is 8.38. The van der Waals surface area contributed by atoms with Crippen LogP contribution in [0, 0.1) is 9.62 Å². The molecule has 0 aromatic carbocycles. The van der Waals surface area contributed by atoms with Crippen LogP contribution in [0.3, 0.4) is 0 Å². The van der Waals surface area contributed by atoms with Gasteiger partial charge in [-0.15, -0.1) is 0 Å². The first-order valence-electron chi connectivity index (χ1n) is 7.09. The van der Waals surface area contributed by atoms with Crippen molar-refractivity contribution in [1.29, 1.82) is 0 Å². The Morgan fingerprint density at radius 2 is 2.36 bits per heavy atom. The van der Waals surface area contributed by atoms with Crippen LogP contribution in [0.4, 0.5) is 5.82 Å². The van der Waals surface area contributed by atoms with Gasteiger partial charge >= 0.3 is 5.97 Å². The lowest BCUT2D eigenvalue weighted by Crippen LogP contribution is -2.63. The predicted octanol–water partition coefficient (Wildman–Crippen LogP) is 2.05. The van der Waals surface area contributed by atoms with E-state index in [0.717, 1.165) is 45.8 Å². The van der Waals surface area contributed by atoms with Gasteiger partial charge in [0.2, 0.25) is 0 Å². The van der Waals surface area contributed by atoms with Crippen molar-refractivity contribution in [3.8, 4) is 0 Å². The number of nitrogens with one attached hydrogen (secondary N) is 1. The number of thioether (sulfide) groups is 1. The zero-order chi connectivity index (χ0) is 15.3. The quantitative estimate of drug-likeness (QED) is 0.581. The Balaban J connectivity index is 1.61. The third-order valence-corrected chi connectivity index (χ3v) is 6.64. The Kier molecular flexibility index (Phi) is 3.48. The maximum absolute atomic E-state index is 12.0. The highest BCUT2D eigenvalue weighted by Gasteiger charge is 2.56. The van der Waals surface area contributed by atoms with Gasteiger partial charge < -0.3 is 14.6 Å². The molecular formula is C14H15IN4O2S. The summed E-state index contributed by atoms with van der Waals surface area (Å²) in [5.41, 5.74) is 0.860. The molecule has 0 amide bonds. The number of esters is 1. The second kappa shape index (κ2) is 5.26. The van der Waals surface area contributed by atoms with Gasteiger partial charge in [-0.25, -0.2) is 9.97 Å². The molecule has 2 fully saturated rings. The number of halogens is 1. The molecule has 1 N–H and O–H groups in total. The van der Waals surface area contributed by atoms with Gasteiger partial charge in [-0.3, -0.25) is 4.79 Å². The zero-order valence-corrected chi connectivity index (χ0v) is 15.0. The number of carbonyl (C=O) groups excluding carboxylic acids is 1. The summed E-state index contributed by atoms with van der Waals surface area (Å²) in [6.07, 6.45) is 2.50. The van der Waals surface area contributed by atoms with Crippen molar-refractivity contribution in [3.63, 3.8) is 0 Å². The first-order chi connectivity index (χ1) is 10.6. The van der Waals surface area contributed by atoms with Gasteiger partial charge in [0.1, 0.15) is 17.8 Å². The molecule has 1 atom stereocenters. The van der Waals surface area contributed by atoms with Gasteiger partial charge in [-0.05, 0) is 40.8 Å². The van der Waals surface area contributed by atoms with E-state index in [1.807, 2.05) is 11.8 Å². The molecule has 2 saturated heterocycles. The van der Waals surface area contributed by atoms with E-state index in [1.165, 1.54) is 7.11 Å². The standard InChI is InChI=1S/C14H15IN4O2S/c1-21-13(20)9-2-3-22-14(9)5-19(6-14)12-8-4-10(15)18-11(8)16-7-17-12/h4,7,9H,2-3,5-6H2,1H3,(H,16,17,18). The van der Waals surface area contributed by atoms with Gasteiger partial charge in [0.05, 0.1) is 26.9 Å². The minimum absolute atomic E-state index is 0.00226. The van der Waals surface area contributed by atoms with Crippen LogP contribution in [-0.4, -0.2) is 51.6 Å². The van der Waals surface area contributed by atoms with Gasteiger partial charge in [0, 0.05) is 13.1 Å². The van der Waals surface area contributed by atoms with E-state index in [0.29, 0.717) is 0 Å². The topological polar surface area (TPSA) is 71.1 Å². The third kappa shape index (κ3) is 2.10. The molecule has 8 heteroatoms. The van der Waals surface area contributed by atoms with Crippen molar-refractivity contribution >= 4 is 57.2 Å². The summed E-state index contributed by atoms with van der Waals surface area (Å²) >= 11 is 4.14. The minimum Gasteiger partial charge on any atom is -0.469 e. The average molecular weight is 430 g/mol. The fourth-order valence-electron chi connectivity index (χ4n) is 3.43. The fourth-order valence-corrected chi connectivity index (χ4v) is 5.66. The number of carbonyl (C=O) groups is 1. The Morgan fingerprint density at radius 1 is 1.55 bits per heavy atom. The molecule has 4 heterocycles. The summed E-state index contributed by atoms with van der Waals surface area (Å²) in [5.74, 6) is 1.90. The molecule has 0 saturated carbocycles. The molecule has 2 aliphatic heterocycles. The Bertz CT molecular complexity index is 744. The molecule has 0 radical (unpaired) electrons. The highest BCUT2D eigenvalue weighted by Crippen LogP contribution is 2.50. The van der Waals surface area contributed by atoms with Gasteiger partial charge in [-0.1, -0.05) is 0 Å². The molecular weight excluding hydrogens is 415 g/mol. The first-order valence-corrected chi connectivity index (χ1v) is 9.15. The van der Waals surface area contributed by atoms with E-state index >= 15 is 0 Å². The molecule has 2 aromatic heterocycles. The Morgan fingerprint density at radius 3 is 3.14 bits per heavy atom. The number of anilines is 1. The lowest BCUT2D eigenvalue weighted by molar-refractivity contribution is -0.146.